The zero-order valence-corrected chi connectivity index (χ0v) is 14.5. The molecule has 6 heteroatoms. The number of hydrogen-bond donors (Lipinski definition) is 1. The monoisotopic (exact) mass is 335 g/mol. The van der Waals surface area contributed by atoms with E-state index >= 15 is 0 Å². The van der Waals surface area contributed by atoms with E-state index in [4.69, 9.17) is 16.3 Å². The quantitative estimate of drug-likeness (QED) is 0.843. The number of aromatic amines is 1. The second-order valence-corrected chi connectivity index (χ2v) is 7.48. The van der Waals surface area contributed by atoms with Crippen molar-refractivity contribution in [3.63, 3.8) is 0 Å². The molecule has 0 atom stereocenters. The highest BCUT2D eigenvalue weighted by Gasteiger charge is 2.28. The second-order valence-electron chi connectivity index (χ2n) is 7.07. The maximum absolute atomic E-state index is 12.1. The molecule has 1 aliphatic heterocycles. The molecule has 23 heavy (non-hydrogen) atoms. The first kappa shape index (κ1) is 16.1. The number of nitrogens with one attached hydrogen (secondary N) is 1. The first-order valence-electron chi connectivity index (χ1n) is 7.94. The summed E-state index contributed by atoms with van der Waals surface area (Å²) >= 11 is 6.43. The van der Waals surface area contributed by atoms with E-state index in [1.165, 1.54) is 0 Å². The zero-order valence-electron chi connectivity index (χ0n) is 13.7. The largest absolute Gasteiger partial charge is 0.444 e. The van der Waals surface area contributed by atoms with Gasteiger partial charge in [-0.1, -0.05) is 11.6 Å². The summed E-state index contributed by atoms with van der Waals surface area (Å²) in [6, 6.07) is 4.04. The summed E-state index contributed by atoms with van der Waals surface area (Å²) in [5.74, 6) is 0.355. The molecule has 1 N–H and O–H groups in total. The minimum atomic E-state index is -0.455. The fraction of sp³-hybridized carbons (Fsp3) is 0.529. The van der Waals surface area contributed by atoms with Gasteiger partial charge in [0.1, 0.15) is 5.60 Å². The first-order chi connectivity index (χ1) is 10.8. The number of nitrogens with zero attached hydrogens (tertiary/aromatic N) is 2. The molecule has 0 bridgehead atoms. The number of hydrogen-bond acceptors (Lipinski definition) is 3. The van der Waals surface area contributed by atoms with E-state index in [9.17, 15) is 4.79 Å². The van der Waals surface area contributed by atoms with E-state index in [2.05, 4.69) is 16.3 Å². The second kappa shape index (κ2) is 6.04. The Kier molecular flexibility index (Phi) is 4.23. The van der Waals surface area contributed by atoms with Gasteiger partial charge in [-0.05, 0) is 57.2 Å². The number of ether oxygens (including phenoxy) is 1. The van der Waals surface area contributed by atoms with Crippen LogP contribution in [0.25, 0.3) is 10.9 Å². The van der Waals surface area contributed by atoms with Gasteiger partial charge >= 0.3 is 6.09 Å². The zero-order chi connectivity index (χ0) is 16.6. The summed E-state index contributed by atoms with van der Waals surface area (Å²) in [6.07, 6.45) is 3.32. The van der Waals surface area contributed by atoms with Crippen LogP contribution in [-0.4, -0.2) is 39.9 Å². The van der Waals surface area contributed by atoms with Gasteiger partial charge in [-0.25, -0.2) is 4.79 Å². The fourth-order valence-corrected chi connectivity index (χ4v) is 3.32. The topological polar surface area (TPSA) is 58.2 Å². The van der Waals surface area contributed by atoms with Gasteiger partial charge in [-0.2, -0.15) is 5.10 Å². The van der Waals surface area contributed by atoms with Crippen LogP contribution in [0.5, 0.6) is 0 Å². The molecule has 3 rings (SSSR count). The van der Waals surface area contributed by atoms with Crippen molar-refractivity contribution in [1.82, 2.24) is 15.1 Å². The van der Waals surface area contributed by atoms with Gasteiger partial charge in [0.25, 0.3) is 0 Å². The summed E-state index contributed by atoms with van der Waals surface area (Å²) in [6.45, 7) is 7.04. The molecule has 0 saturated carbocycles. The molecule has 0 unspecified atom stereocenters. The van der Waals surface area contributed by atoms with Gasteiger partial charge in [0.2, 0.25) is 0 Å². The molecule has 1 aromatic heterocycles. The molecule has 1 amide bonds. The number of H-pyrrole nitrogens is 1. The lowest BCUT2D eigenvalue weighted by Crippen LogP contribution is -2.41. The fourth-order valence-electron chi connectivity index (χ4n) is 2.99. The highest BCUT2D eigenvalue weighted by Crippen LogP contribution is 2.35. The third kappa shape index (κ3) is 3.61. The van der Waals surface area contributed by atoms with Gasteiger partial charge in [0.15, 0.2) is 0 Å². The van der Waals surface area contributed by atoms with Crippen LogP contribution in [0.2, 0.25) is 5.02 Å². The Morgan fingerprint density at radius 3 is 2.70 bits per heavy atom. The molecule has 1 aliphatic rings. The standard InChI is InChI=1S/C17H22ClN3O2/c1-17(2,3)23-16(22)21-6-4-11(5-7-21)13-9-15-12(8-14(13)18)10-19-20-15/h8-11H,4-7H2,1-3H3,(H,19,20). The molecular weight excluding hydrogens is 314 g/mol. The number of carbonyl (C=O) groups is 1. The van der Waals surface area contributed by atoms with Crippen molar-refractivity contribution < 1.29 is 9.53 Å². The van der Waals surface area contributed by atoms with Crippen LogP contribution in [0.3, 0.4) is 0 Å². The van der Waals surface area contributed by atoms with Gasteiger partial charge in [-0.15, -0.1) is 0 Å². The predicted molar refractivity (Wildman–Crippen MR) is 90.9 cm³/mol. The molecule has 1 fully saturated rings. The first-order valence-corrected chi connectivity index (χ1v) is 8.32. The van der Waals surface area contributed by atoms with Crippen molar-refractivity contribution in [3.05, 3.63) is 28.9 Å². The number of benzene rings is 1. The van der Waals surface area contributed by atoms with Crippen LogP contribution in [0, 0.1) is 0 Å². The van der Waals surface area contributed by atoms with Crippen molar-refractivity contribution in [1.29, 1.82) is 0 Å². The van der Waals surface area contributed by atoms with Crippen molar-refractivity contribution >= 4 is 28.6 Å². The van der Waals surface area contributed by atoms with E-state index in [0.29, 0.717) is 19.0 Å². The number of halogens is 1. The van der Waals surface area contributed by atoms with E-state index in [1.54, 1.807) is 11.1 Å². The molecule has 0 aliphatic carbocycles. The number of amides is 1. The lowest BCUT2D eigenvalue weighted by Gasteiger charge is -2.33. The average Bonchev–Trinajstić information content (AvgIpc) is 2.92. The van der Waals surface area contributed by atoms with E-state index in [-0.39, 0.29) is 6.09 Å². The average molecular weight is 336 g/mol. The van der Waals surface area contributed by atoms with E-state index < -0.39 is 5.60 Å². The Morgan fingerprint density at radius 2 is 2.04 bits per heavy atom. The van der Waals surface area contributed by atoms with Crippen molar-refractivity contribution in [2.24, 2.45) is 0 Å². The number of aromatic nitrogens is 2. The van der Waals surface area contributed by atoms with Crippen LogP contribution in [0.1, 0.15) is 45.1 Å². The Labute approximate surface area is 140 Å². The third-order valence-corrected chi connectivity index (χ3v) is 4.47. The summed E-state index contributed by atoms with van der Waals surface area (Å²) in [4.78, 5) is 13.9. The number of carbonyl (C=O) groups excluding carboxylic acids is 1. The van der Waals surface area contributed by atoms with Crippen LogP contribution in [0.15, 0.2) is 18.3 Å². The maximum Gasteiger partial charge on any atom is 0.410 e. The molecule has 1 saturated heterocycles. The number of fused-ring (bicyclic) bond motifs is 1. The molecular formula is C17H22ClN3O2. The summed E-state index contributed by atoms with van der Waals surface area (Å²) in [5.41, 5.74) is 1.68. The van der Waals surface area contributed by atoms with Gasteiger partial charge in [0, 0.05) is 23.5 Å². The molecule has 124 valence electrons. The lowest BCUT2D eigenvalue weighted by molar-refractivity contribution is 0.0205. The normalized spacial score (nSPS) is 16.8. The van der Waals surface area contributed by atoms with Crippen LogP contribution >= 0.6 is 11.6 Å². The van der Waals surface area contributed by atoms with Gasteiger partial charge in [0.05, 0.1) is 11.7 Å². The molecule has 2 aromatic rings. The molecule has 0 spiro atoms. The smallest absolute Gasteiger partial charge is 0.410 e. The van der Waals surface area contributed by atoms with Crippen molar-refractivity contribution in [2.45, 2.75) is 45.1 Å². The van der Waals surface area contributed by atoms with Crippen LogP contribution < -0.4 is 0 Å². The Hall–Kier alpha value is -1.75. The highest BCUT2D eigenvalue weighted by molar-refractivity contribution is 6.32. The van der Waals surface area contributed by atoms with E-state index in [0.717, 1.165) is 34.3 Å². The molecule has 1 aromatic carbocycles. The highest BCUT2D eigenvalue weighted by atomic mass is 35.5. The maximum atomic E-state index is 12.1. The number of likely N-dealkylation sites (tertiary alicyclic amines) is 1. The minimum Gasteiger partial charge on any atom is -0.444 e. The number of piperidine rings is 1. The van der Waals surface area contributed by atoms with E-state index in [1.807, 2.05) is 26.8 Å². The Morgan fingerprint density at radius 1 is 1.35 bits per heavy atom. The number of rotatable bonds is 1. The summed E-state index contributed by atoms with van der Waals surface area (Å²) < 4.78 is 5.44. The van der Waals surface area contributed by atoms with Crippen molar-refractivity contribution in [2.75, 3.05) is 13.1 Å². The Balaban J connectivity index is 1.68. The van der Waals surface area contributed by atoms with Gasteiger partial charge in [-0.3, -0.25) is 5.10 Å². The molecule has 5 nitrogen and oxygen atoms in total. The van der Waals surface area contributed by atoms with Crippen LogP contribution in [-0.2, 0) is 4.74 Å². The SMILES string of the molecule is CC(C)(C)OC(=O)N1CCC(c2cc3[nH]ncc3cc2Cl)CC1. The minimum absolute atomic E-state index is 0.230. The molecule has 2 heterocycles. The third-order valence-electron chi connectivity index (χ3n) is 4.14. The Bertz CT molecular complexity index is 712. The van der Waals surface area contributed by atoms with Gasteiger partial charge < -0.3 is 9.64 Å². The summed E-state index contributed by atoms with van der Waals surface area (Å²) in [7, 11) is 0. The summed E-state index contributed by atoms with van der Waals surface area (Å²) in [5, 5.41) is 8.82. The van der Waals surface area contributed by atoms with Crippen molar-refractivity contribution in [3.8, 4) is 0 Å². The lowest BCUT2D eigenvalue weighted by atomic mass is 9.89. The molecule has 0 radical (unpaired) electrons. The predicted octanol–water partition coefficient (Wildman–Crippen LogP) is 4.33. The van der Waals surface area contributed by atoms with Crippen LogP contribution in [0.4, 0.5) is 4.79 Å².